The largest absolute Gasteiger partial charge is 0.481 e. The van der Waals surface area contributed by atoms with Gasteiger partial charge in [0.2, 0.25) is 0 Å². The van der Waals surface area contributed by atoms with E-state index in [-0.39, 0.29) is 0 Å². The van der Waals surface area contributed by atoms with Crippen LogP contribution < -0.4 is 5.32 Å². The minimum atomic E-state index is -0.643. The Bertz CT molecular complexity index is 351. The van der Waals surface area contributed by atoms with Crippen molar-refractivity contribution >= 4 is 5.97 Å². The lowest BCUT2D eigenvalue weighted by Crippen LogP contribution is -2.52. The van der Waals surface area contributed by atoms with Gasteiger partial charge in [-0.05, 0) is 44.4 Å². The maximum atomic E-state index is 10.8. The molecule has 0 radical (unpaired) electrons. The van der Waals surface area contributed by atoms with E-state index >= 15 is 0 Å². The molecular formula is C17H30N2O2. The molecule has 2 saturated carbocycles. The Morgan fingerprint density at radius 2 is 1.81 bits per heavy atom. The van der Waals surface area contributed by atoms with Gasteiger partial charge in [-0.3, -0.25) is 9.69 Å². The van der Waals surface area contributed by atoms with Crippen LogP contribution in [0.2, 0.25) is 0 Å². The molecule has 2 aliphatic carbocycles. The van der Waals surface area contributed by atoms with Crippen LogP contribution in [0.1, 0.15) is 64.2 Å². The van der Waals surface area contributed by atoms with Crippen molar-refractivity contribution < 1.29 is 9.90 Å². The third kappa shape index (κ3) is 4.68. The van der Waals surface area contributed by atoms with Gasteiger partial charge in [0.05, 0.1) is 0 Å². The van der Waals surface area contributed by atoms with Crippen molar-refractivity contribution in [3.05, 3.63) is 0 Å². The van der Waals surface area contributed by atoms with Crippen molar-refractivity contribution in [2.45, 2.75) is 82.3 Å². The summed E-state index contributed by atoms with van der Waals surface area (Å²) in [4.78, 5) is 13.5. The lowest BCUT2D eigenvalue weighted by molar-refractivity contribution is -0.137. The molecule has 2 unspecified atom stereocenters. The van der Waals surface area contributed by atoms with Crippen LogP contribution in [0, 0.1) is 5.92 Å². The van der Waals surface area contributed by atoms with Crippen molar-refractivity contribution in [2.75, 3.05) is 13.1 Å². The first kappa shape index (κ1) is 15.3. The third-order valence-electron chi connectivity index (χ3n) is 5.47. The number of likely N-dealkylation sites (tertiary alicyclic amines) is 1. The summed E-state index contributed by atoms with van der Waals surface area (Å²) in [7, 11) is 0. The molecule has 120 valence electrons. The van der Waals surface area contributed by atoms with Crippen molar-refractivity contribution in [3.8, 4) is 0 Å². The van der Waals surface area contributed by atoms with Crippen LogP contribution in [0.4, 0.5) is 0 Å². The maximum absolute atomic E-state index is 10.8. The van der Waals surface area contributed by atoms with Crippen LogP contribution in [0.5, 0.6) is 0 Å². The van der Waals surface area contributed by atoms with Gasteiger partial charge in [0.15, 0.2) is 0 Å². The number of nitrogens with zero attached hydrogens (tertiary/aromatic N) is 1. The summed E-state index contributed by atoms with van der Waals surface area (Å²) < 4.78 is 0. The van der Waals surface area contributed by atoms with E-state index < -0.39 is 5.97 Å². The van der Waals surface area contributed by atoms with E-state index in [0.717, 1.165) is 19.0 Å². The Balaban J connectivity index is 1.52. The van der Waals surface area contributed by atoms with E-state index in [0.29, 0.717) is 24.4 Å². The molecule has 21 heavy (non-hydrogen) atoms. The molecule has 3 aliphatic rings. The van der Waals surface area contributed by atoms with Crippen LogP contribution in [0.15, 0.2) is 0 Å². The topological polar surface area (TPSA) is 52.6 Å². The summed E-state index contributed by atoms with van der Waals surface area (Å²) in [6.45, 7) is 2.31. The fourth-order valence-corrected chi connectivity index (χ4v) is 4.24. The first-order chi connectivity index (χ1) is 10.2. The molecule has 0 bridgehead atoms. The summed E-state index contributed by atoms with van der Waals surface area (Å²) >= 11 is 0. The molecule has 1 aliphatic heterocycles. The first-order valence-electron chi connectivity index (χ1n) is 8.92. The Labute approximate surface area is 128 Å². The van der Waals surface area contributed by atoms with E-state index in [1.807, 2.05) is 0 Å². The van der Waals surface area contributed by atoms with Gasteiger partial charge in [0.25, 0.3) is 0 Å². The molecule has 1 heterocycles. The SMILES string of the molecule is O=C(O)CCC1CC(NC2CCCCC2)CN(C2CC2)C1. The van der Waals surface area contributed by atoms with Gasteiger partial charge >= 0.3 is 5.97 Å². The molecule has 3 rings (SSSR count). The summed E-state index contributed by atoms with van der Waals surface area (Å²) in [5.74, 6) is -0.0770. The zero-order valence-electron chi connectivity index (χ0n) is 13.1. The van der Waals surface area contributed by atoms with Crippen molar-refractivity contribution in [1.29, 1.82) is 0 Å². The van der Waals surface area contributed by atoms with Gasteiger partial charge in [0.1, 0.15) is 0 Å². The lowest BCUT2D eigenvalue weighted by Gasteiger charge is -2.40. The minimum Gasteiger partial charge on any atom is -0.481 e. The Morgan fingerprint density at radius 3 is 2.48 bits per heavy atom. The molecule has 3 fully saturated rings. The predicted molar refractivity (Wildman–Crippen MR) is 83.4 cm³/mol. The second kappa shape index (κ2) is 7.10. The van der Waals surface area contributed by atoms with Crippen LogP contribution in [-0.2, 0) is 4.79 Å². The highest BCUT2D eigenvalue weighted by molar-refractivity contribution is 5.66. The average molecular weight is 294 g/mol. The predicted octanol–water partition coefficient (Wildman–Crippen LogP) is 2.63. The highest BCUT2D eigenvalue weighted by Gasteiger charge is 2.36. The quantitative estimate of drug-likeness (QED) is 0.791. The van der Waals surface area contributed by atoms with E-state index in [9.17, 15) is 4.79 Å². The monoisotopic (exact) mass is 294 g/mol. The number of hydrogen-bond acceptors (Lipinski definition) is 3. The van der Waals surface area contributed by atoms with E-state index in [4.69, 9.17) is 5.11 Å². The molecule has 0 aromatic carbocycles. The second-order valence-corrected chi connectivity index (χ2v) is 7.42. The van der Waals surface area contributed by atoms with Crippen LogP contribution >= 0.6 is 0 Å². The fourth-order valence-electron chi connectivity index (χ4n) is 4.24. The molecule has 4 heteroatoms. The zero-order valence-corrected chi connectivity index (χ0v) is 13.1. The number of hydrogen-bond donors (Lipinski definition) is 2. The minimum absolute atomic E-state index is 0.333. The smallest absolute Gasteiger partial charge is 0.303 e. The van der Waals surface area contributed by atoms with E-state index in [1.54, 1.807) is 0 Å². The van der Waals surface area contributed by atoms with Crippen LogP contribution in [0.25, 0.3) is 0 Å². The van der Waals surface area contributed by atoms with Gasteiger partial charge in [0, 0.05) is 37.6 Å². The molecule has 0 aromatic heterocycles. The molecular weight excluding hydrogens is 264 g/mol. The standard InChI is InChI=1S/C17H30N2O2/c20-17(21)9-6-13-10-15(12-19(11-13)16-7-8-16)18-14-4-2-1-3-5-14/h13-16,18H,1-12H2,(H,20,21). The van der Waals surface area contributed by atoms with Gasteiger partial charge in [-0.2, -0.15) is 0 Å². The second-order valence-electron chi connectivity index (χ2n) is 7.42. The highest BCUT2D eigenvalue weighted by Crippen LogP contribution is 2.33. The lowest BCUT2D eigenvalue weighted by atomic mass is 9.88. The number of carboxylic acids is 1. The average Bonchev–Trinajstić information content (AvgIpc) is 3.31. The van der Waals surface area contributed by atoms with Crippen molar-refractivity contribution in [2.24, 2.45) is 5.92 Å². The van der Waals surface area contributed by atoms with E-state index in [2.05, 4.69) is 10.2 Å². The van der Waals surface area contributed by atoms with E-state index in [1.165, 1.54) is 57.9 Å². The Hall–Kier alpha value is -0.610. The van der Waals surface area contributed by atoms with Gasteiger partial charge in [-0.1, -0.05) is 19.3 Å². The van der Waals surface area contributed by atoms with Crippen molar-refractivity contribution in [1.82, 2.24) is 10.2 Å². The molecule has 0 aromatic rings. The van der Waals surface area contributed by atoms with Crippen LogP contribution in [-0.4, -0.2) is 47.2 Å². The Morgan fingerprint density at radius 1 is 1.05 bits per heavy atom. The molecule has 2 N–H and O–H groups in total. The normalized spacial score (nSPS) is 32.2. The number of nitrogens with one attached hydrogen (secondary N) is 1. The highest BCUT2D eigenvalue weighted by atomic mass is 16.4. The van der Waals surface area contributed by atoms with Gasteiger partial charge in [-0.15, -0.1) is 0 Å². The maximum Gasteiger partial charge on any atom is 0.303 e. The Kier molecular flexibility index (Phi) is 5.17. The fraction of sp³-hybridized carbons (Fsp3) is 0.941. The molecule has 0 amide bonds. The zero-order chi connectivity index (χ0) is 14.7. The molecule has 1 saturated heterocycles. The molecule has 0 spiro atoms. The number of carbonyl (C=O) groups is 1. The van der Waals surface area contributed by atoms with Gasteiger partial charge in [-0.25, -0.2) is 0 Å². The summed E-state index contributed by atoms with van der Waals surface area (Å²) in [6.07, 6.45) is 11.9. The number of rotatable bonds is 6. The summed E-state index contributed by atoms with van der Waals surface area (Å²) in [5, 5.41) is 12.8. The third-order valence-corrected chi connectivity index (χ3v) is 5.47. The number of piperidine rings is 1. The molecule has 2 atom stereocenters. The van der Waals surface area contributed by atoms with Gasteiger partial charge < -0.3 is 10.4 Å². The first-order valence-corrected chi connectivity index (χ1v) is 8.92. The number of aliphatic carboxylic acids is 1. The number of carboxylic acid groups (broad SMARTS) is 1. The molecule has 4 nitrogen and oxygen atoms in total. The summed E-state index contributed by atoms with van der Waals surface area (Å²) in [6, 6.07) is 2.09. The van der Waals surface area contributed by atoms with Crippen molar-refractivity contribution in [3.63, 3.8) is 0 Å². The summed E-state index contributed by atoms with van der Waals surface area (Å²) in [5.41, 5.74) is 0. The van der Waals surface area contributed by atoms with Crippen LogP contribution in [0.3, 0.4) is 0 Å².